The summed E-state index contributed by atoms with van der Waals surface area (Å²) < 4.78 is 33.1. The quantitative estimate of drug-likeness (QED) is 0.763. The third-order valence-corrected chi connectivity index (χ3v) is 6.03. The number of benzene rings is 1. The van der Waals surface area contributed by atoms with E-state index in [0.717, 1.165) is 4.47 Å². The topological polar surface area (TPSA) is 72.4 Å². The average Bonchev–Trinajstić information content (AvgIpc) is 2.99. The van der Waals surface area contributed by atoms with Crippen LogP contribution in [0.4, 0.5) is 0 Å². The summed E-state index contributed by atoms with van der Waals surface area (Å²) in [7, 11) is -3.52. The monoisotopic (exact) mass is 417 g/mol. The van der Waals surface area contributed by atoms with E-state index in [-0.39, 0.29) is 23.6 Å². The van der Waals surface area contributed by atoms with Gasteiger partial charge in [-0.05, 0) is 30.7 Å². The SMILES string of the molecule is O=S(=O)(c1ccc(Br)cc1)N1CCC(Oc2ncc(Cl)cn2)C1. The zero-order valence-corrected chi connectivity index (χ0v) is 15.1. The first-order chi connectivity index (χ1) is 10.9. The van der Waals surface area contributed by atoms with Crippen molar-refractivity contribution in [1.82, 2.24) is 14.3 Å². The second-order valence-electron chi connectivity index (χ2n) is 5.03. The molecule has 0 saturated carbocycles. The smallest absolute Gasteiger partial charge is 0.316 e. The van der Waals surface area contributed by atoms with Gasteiger partial charge in [-0.1, -0.05) is 27.5 Å². The Labute approximate surface area is 147 Å². The summed E-state index contributed by atoms with van der Waals surface area (Å²) in [5, 5.41) is 0.420. The van der Waals surface area contributed by atoms with E-state index in [1.807, 2.05) is 0 Å². The molecule has 0 spiro atoms. The fourth-order valence-corrected chi connectivity index (χ4v) is 4.13. The van der Waals surface area contributed by atoms with Crippen molar-refractivity contribution in [3.05, 3.63) is 46.2 Å². The van der Waals surface area contributed by atoms with Gasteiger partial charge in [0.2, 0.25) is 10.0 Å². The van der Waals surface area contributed by atoms with Crippen LogP contribution in [0.2, 0.25) is 5.02 Å². The lowest BCUT2D eigenvalue weighted by atomic mass is 10.3. The van der Waals surface area contributed by atoms with Crippen LogP contribution in [0, 0.1) is 0 Å². The van der Waals surface area contributed by atoms with Crippen LogP contribution in [0.15, 0.2) is 46.0 Å². The summed E-state index contributed by atoms with van der Waals surface area (Å²) in [6.45, 7) is 0.668. The normalized spacial score (nSPS) is 19.0. The van der Waals surface area contributed by atoms with Crippen LogP contribution >= 0.6 is 27.5 Å². The van der Waals surface area contributed by atoms with E-state index >= 15 is 0 Å². The van der Waals surface area contributed by atoms with Crippen LogP contribution in [0.3, 0.4) is 0 Å². The Hall–Kier alpha value is -1.22. The number of aromatic nitrogens is 2. The van der Waals surface area contributed by atoms with Gasteiger partial charge in [-0.25, -0.2) is 18.4 Å². The summed E-state index contributed by atoms with van der Waals surface area (Å²) >= 11 is 9.01. The second-order valence-corrected chi connectivity index (χ2v) is 8.32. The van der Waals surface area contributed by atoms with Gasteiger partial charge in [0.05, 0.1) is 28.9 Å². The van der Waals surface area contributed by atoms with Gasteiger partial charge in [-0.15, -0.1) is 0 Å². The number of hydrogen-bond donors (Lipinski definition) is 0. The number of nitrogens with zero attached hydrogens (tertiary/aromatic N) is 3. The Morgan fingerprint density at radius 3 is 2.52 bits per heavy atom. The van der Waals surface area contributed by atoms with Crippen molar-refractivity contribution >= 4 is 37.6 Å². The Morgan fingerprint density at radius 2 is 1.87 bits per heavy atom. The van der Waals surface area contributed by atoms with Crippen molar-refractivity contribution < 1.29 is 13.2 Å². The summed E-state index contributed by atoms with van der Waals surface area (Å²) in [5.41, 5.74) is 0. The molecule has 0 aliphatic carbocycles. The van der Waals surface area contributed by atoms with Crippen LogP contribution < -0.4 is 4.74 Å². The Bertz CT molecular complexity index is 784. The van der Waals surface area contributed by atoms with Crippen LogP contribution in [0.1, 0.15) is 6.42 Å². The first-order valence-electron chi connectivity index (χ1n) is 6.85. The molecule has 0 radical (unpaired) electrons. The standard InChI is InChI=1S/C14H13BrClN3O3S/c15-10-1-3-13(4-2-10)23(20,21)19-6-5-12(9-19)22-14-17-7-11(16)8-18-14/h1-4,7-8,12H,5-6,9H2. The fraction of sp³-hybridized carbons (Fsp3) is 0.286. The van der Waals surface area contributed by atoms with Gasteiger partial charge in [0, 0.05) is 11.0 Å². The fourth-order valence-electron chi connectivity index (χ4n) is 2.28. The highest BCUT2D eigenvalue weighted by Crippen LogP contribution is 2.24. The maximum absolute atomic E-state index is 12.6. The van der Waals surface area contributed by atoms with E-state index in [2.05, 4.69) is 25.9 Å². The van der Waals surface area contributed by atoms with E-state index in [9.17, 15) is 8.42 Å². The molecule has 1 aromatic heterocycles. The molecule has 1 fully saturated rings. The molecule has 122 valence electrons. The minimum atomic E-state index is -3.52. The summed E-state index contributed by atoms with van der Waals surface area (Å²) in [6.07, 6.45) is 3.19. The minimum Gasteiger partial charge on any atom is -0.459 e. The highest BCUT2D eigenvalue weighted by molar-refractivity contribution is 9.10. The van der Waals surface area contributed by atoms with E-state index in [0.29, 0.717) is 18.0 Å². The molecule has 1 aromatic carbocycles. The maximum Gasteiger partial charge on any atom is 0.316 e. The zero-order chi connectivity index (χ0) is 16.4. The van der Waals surface area contributed by atoms with Crippen LogP contribution in [0.25, 0.3) is 0 Å². The molecule has 0 bridgehead atoms. The molecule has 1 unspecified atom stereocenters. The number of ether oxygens (including phenoxy) is 1. The lowest BCUT2D eigenvalue weighted by molar-refractivity contribution is 0.197. The van der Waals surface area contributed by atoms with Gasteiger partial charge in [0.25, 0.3) is 0 Å². The number of hydrogen-bond acceptors (Lipinski definition) is 5. The Morgan fingerprint density at radius 1 is 1.22 bits per heavy atom. The third kappa shape index (κ3) is 3.82. The molecule has 0 N–H and O–H groups in total. The van der Waals surface area contributed by atoms with Crippen LogP contribution in [0.5, 0.6) is 6.01 Å². The lowest BCUT2D eigenvalue weighted by Gasteiger charge is -2.16. The third-order valence-electron chi connectivity index (χ3n) is 3.43. The molecule has 0 amide bonds. The van der Waals surface area contributed by atoms with Crippen molar-refractivity contribution in [1.29, 1.82) is 0 Å². The molecule has 6 nitrogen and oxygen atoms in total. The summed E-state index contributed by atoms with van der Waals surface area (Å²) in [5.74, 6) is 0. The van der Waals surface area contributed by atoms with Crippen molar-refractivity contribution in [2.24, 2.45) is 0 Å². The van der Waals surface area contributed by atoms with E-state index in [1.165, 1.54) is 16.7 Å². The predicted molar refractivity (Wildman–Crippen MR) is 89.0 cm³/mol. The summed E-state index contributed by atoms with van der Waals surface area (Å²) in [6, 6.07) is 6.77. The van der Waals surface area contributed by atoms with E-state index in [1.54, 1.807) is 24.3 Å². The molecule has 23 heavy (non-hydrogen) atoms. The molecule has 1 saturated heterocycles. The molecular formula is C14H13BrClN3O3S. The van der Waals surface area contributed by atoms with Crippen LogP contribution in [-0.2, 0) is 10.0 Å². The van der Waals surface area contributed by atoms with Crippen molar-refractivity contribution in [2.75, 3.05) is 13.1 Å². The van der Waals surface area contributed by atoms with Gasteiger partial charge in [0.15, 0.2) is 0 Å². The van der Waals surface area contributed by atoms with Gasteiger partial charge < -0.3 is 4.74 Å². The van der Waals surface area contributed by atoms with Gasteiger partial charge >= 0.3 is 6.01 Å². The zero-order valence-electron chi connectivity index (χ0n) is 11.9. The predicted octanol–water partition coefficient (Wildman–Crippen LogP) is 2.73. The Kier molecular flexibility index (Phi) is 4.86. The van der Waals surface area contributed by atoms with Gasteiger partial charge in [0.1, 0.15) is 6.10 Å². The first-order valence-corrected chi connectivity index (χ1v) is 9.46. The van der Waals surface area contributed by atoms with Crippen molar-refractivity contribution in [3.63, 3.8) is 0 Å². The highest BCUT2D eigenvalue weighted by Gasteiger charge is 2.33. The van der Waals surface area contributed by atoms with E-state index in [4.69, 9.17) is 16.3 Å². The molecule has 1 aliphatic heterocycles. The molecule has 2 aromatic rings. The average molecular weight is 419 g/mol. The largest absolute Gasteiger partial charge is 0.459 e. The van der Waals surface area contributed by atoms with Gasteiger partial charge in [-0.2, -0.15) is 4.31 Å². The number of rotatable bonds is 4. The molecule has 9 heteroatoms. The van der Waals surface area contributed by atoms with Crippen LogP contribution in [-0.4, -0.2) is 41.9 Å². The number of sulfonamides is 1. The first kappa shape index (κ1) is 16.6. The summed E-state index contributed by atoms with van der Waals surface area (Å²) in [4.78, 5) is 8.18. The molecule has 3 rings (SSSR count). The molecule has 1 atom stereocenters. The molecule has 2 heterocycles. The lowest BCUT2D eigenvalue weighted by Crippen LogP contribution is -2.31. The second kappa shape index (κ2) is 6.72. The van der Waals surface area contributed by atoms with Crippen molar-refractivity contribution in [3.8, 4) is 6.01 Å². The molecule has 1 aliphatic rings. The van der Waals surface area contributed by atoms with E-state index < -0.39 is 10.0 Å². The molecular weight excluding hydrogens is 406 g/mol. The maximum atomic E-state index is 12.6. The highest BCUT2D eigenvalue weighted by atomic mass is 79.9. The number of halogens is 2. The van der Waals surface area contributed by atoms with Gasteiger partial charge in [-0.3, -0.25) is 0 Å². The minimum absolute atomic E-state index is 0.197. The van der Waals surface area contributed by atoms with Crippen molar-refractivity contribution in [2.45, 2.75) is 17.4 Å². The Balaban J connectivity index is 1.69.